The summed E-state index contributed by atoms with van der Waals surface area (Å²) in [5.41, 5.74) is 1.70. The molecule has 36 heavy (non-hydrogen) atoms. The number of amides is 1. The van der Waals surface area contributed by atoms with Crippen LogP contribution >= 0.6 is 0 Å². The second kappa shape index (κ2) is 9.58. The summed E-state index contributed by atoms with van der Waals surface area (Å²) in [4.78, 5) is 17.3. The molecular weight excluding hydrogens is 497 g/mol. The maximum absolute atomic E-state index is 12.9. The lowest BCUT2D eigenvalue weighted by atomic mass is 9.89. The molecular formula is C24H25F3N4O4S. The largest absolute Gasteiger partial charge is 0.573 e. The molecule has 2 aliphatic heterocycles. The van der Waals surface area contributed by atoms with Crippen LogP contribution in [0.15, 0.2) is 52.9 Å². The number of rotatable bonds is 6. The minimum Gasteiger partial charge on any atom is -0.406 e. The van der Waals surface area contributed by atoms with E-state index in [0.29, 0.717) is 0 Å². The number of hydrogen-bond donors (Lipinski definition) is 2. The van der Waals surface area contributed by atoms with Crippen LogP contribution in [0.5, 0.6) is 5.75 Å². The number of hydrogen-bond acceptors (Lipinski definition) is 6. The lowest BCUT2D eigenvalue weighted by Crippen LogP contribution is -2.50. The average Bonchev–Trinajstić information content (AvgIpc) is 3.13. The monoisotopic (exact) mass is 522 g/mol. The topological polar surface area (TPSA) is 100 Å². The van der Waals surface area contributed by atoms with Crippen molar-refractivity contribution in [2.75, 3.05) is 25.5 Å². The maximum atomic E-state index is 12.9. The van der Waals surface area contributed by atoms with Crippen molar-refractivity contribution in [2.24, 2.45) is 4.99 Å². The number of sulfonamides is 1. The van der Waals surface area contributed by atoms with Crippen molar-refractivity contribution in [3.8, 4) is 5.75 Å². The Morgan fingerprint density at radius 3 is 2.53 bits per heavy atom. The minimum atomic E-state index is -4.85. The molecule has 0 saturated carbocycles. The number of aryl methyl sites for hydroxylation is 1. The summed E-state index contributed by atoms with van der Waals surface area (Å²) < 4.78 is 68.7. The van der Waals surface area contributed by atoms with Gasteiger partial charge in [0.1, 0.15) is 17.1 Å². The Morgan fingerprint density at radius 1 is 1.17 bits per heavy atom. The molecule has 0 bridgehead atoms. The van der Waals surface area contributed by atoms with E-state index in [4.69, 9.17) is 0 Å². The second-order valence-electron chi connectivity index (χ2n) is 8.59. The molecule has 1 amide bonds. The average molecular weight is 523 g/mol. The van der Waals surface area contributed by atoms with Crippen molar-refractivity contribution in [3.05, 3.63) is 64.6 Å². The molecule has 2 aromatic rings. The van der Waals surface area contributed by atoms with Crippen LogP contribution in [0, 0.1) is 6.92 Å². The van der Waals surface area contributed by atoms with Crippen LogP contribution in [-0.2, 0) is 14.8 Å². The van der Waals surface area contributed by atoms with E-state index < -0.39 is 33.6 Å². The van der Waals surface area contributed by atoms with Crippen molar-refractivity contribution >= 4 is 33.5 Å². The van der Waals surface area contributed by atoms with Gasteiger partial charge in [-0.05, 0) is 61.2 Å². The fourth-order valence-corrected chi connectivity index (χ4v) is 5.39. The Labute approximate surface area is 206 Å². The van der Waals surface area contributed by atoms with Crippen molar-refractivity contribution in [2.45, 2.75) is 31.7 Å². The number of aliphatic imine (C=N–C) groups is 1. The number of nitrogens with one attached hydrogen (secondary N) is 2. The zero-order valence-corrected chi connectivity index (χ0v) is 20.4. The number of piperidine rings is 1. The Morgan fingerprint density at radius 2 is 1.89 bits per heavy atom. The minimum absolute atomic E-state index is 0.0752. The predicted molar refractivity (Wildman–Crippen MR) is 130 cm³/mol. The SMILES string of the molecule is CNc1ccc(/C=C/S(=O)(=O)N2CCC3(CC2)N=C(c2cccc(OC(F)(F)F)c2)NC3=O)c(C)c1. The van der Waals surface area contributed by atoms with Gasteiger partial charge < -0.3 is 15.4 Å². The number of carbonyl (C=O) groups excluding carboxylic acids is 1. The van der Waals surface area contributed by atoms with E-state index in [0.717, 1.165) is 34.4 Å². The van der Waals surface area contributed by atoms with Crippen LogP contribution < -0.4 is 15.4 Å². The summed E-state index contributed by atoms with van der Waals surface area (Å²) in [5.74, 6) is -0.710. The first-order chi connectivity index (χ1) is 16.9. The number of nitrogens with zero attached hydrogens (tertiary/aromatic N) is 2. The molecule has 8 nitrogen and oxygen atoms in total. The number of alkyl halides is 3. The van der Waals surface area contributed by atoms with Crippen molar-refractivity contribution in [1.29, 1.82) is 0 Å². The third-order valence-corrected chi connectivity index (χ3v) is 7.77. The molecule has 4 rings (SSSR count). The van der Waals surface area contributed by atoms with Gasteiger partial charge in [0.05, 0.1) is 0 Å². The normalized spacial score (nSPS) is 18.4. The van der Waals surface area contributed by atoms with Gasteiger partial charge in [0.25, 0.3) is 5.91 Å². The van der Waals surface area contributed by atoms with Gasteiger partial charge in [-0.3, -0.25) is 9.79 Å². The molecule has 1 spiro atoms. The highest BCUT2D eigenvalue weighted by Gasteiger charge is 2.47. The number of benzene rings is 2. The molecule has 12 heteroatoms. The first kappa shape index (κ1) is 25.7. The Hall–Kier alpha value is -3.38. The number of ether oxygens (including phenoxy) is 1. The Balaban J connectivity index is 1.46. The van der Waals surface area contributed by atoms with Crippen LogP contribution in [0.25, 0.3) is 6.08 Å². The van der Waals surface area contributed by atoms with Crippen LogP contribution in [0.4, 0.5) is 18.9 Å². The van der Waals surface area contributed by atoms with E-state index in [-0.39, 0.29) is 37.3 Å². The number of carbonyl (C=O) groups is 1. The summed E-state index contributed by atoms with van der Waals surface area (Å²) in [6, 6.07) is 10.8. The molecule has 0 unspecified atom stereocenters. The number of halogens is 3. The number of amidine groups is 1. The number of anilines is 1. The summed E-state index contributed by atoms with van der Waals surface area (Å²) >= 11 is 0. The first-order valence-electron chi connectivity index (χ1n) is 11.1. The highest BCUT2D eigenvalue weighted by molar-refractivity contribution is 7.92. The highest BCUT2D eigenvalue weighted by Crippen LogP contribution is 2.33. The molecule has 0 atom stereocenters. The van der Waals surface area contributed by atoms with Crippen LogP contribution in [0.3, 0.4) is 0 Å². The van der Waals surface area contributed by atoms with Crippen LogP contribution in [-0.4, -0.2) is 56.5 Å². The fraction of sp³-hybridized carbons (Fsp3) is 0.333. The summed E-state index contributed by atoms with van der Waals surface area (Å²) in [7, 11) is -1.93. The summed E-state index contributed by atoms with van der Waals surface area (Å²) in [5, 5.41) is 6.80. The van der Waals surface area contributed by atoms with Gasteiger partial charge >= 0.3 is 6.36 Å². The second-order valence-corrected chi connectivity index (χ2v) is 10.4. The molecule has 0 radical (unpaired) electrons. The van der Waals surface area contributed by atoms with Gasteiger partial charge in [0, 0.05) is 36.8 Å². The molecule has 0 aliphatic carbocycles. The molecule has 1 saturated heterocycles. The third-order valence-electron chi connectivity index (χ3n) is 6.21. The van der Waals surface area contributed by atoms with Crippen molar-refractivity contribution in [1.82, 2.24) is 9.62 Å². The molecule has 2 N–H and O–H groups in total. The quantitative estimate of drug-likeness (QED) is 0.604. The van der Waals surface area contributed by atoms with Gasteiger partial charge in [-0.2, -0.15) is 4.31 Å². The fourth-order valence-electron chi connectivity index (χ4n) is 4.21. The van der Waals surface area contributed by atoms with E-state index in [9.17, 15) is 26.4 Å². The Bertz CT molecular complexity index is 1330. The molecule has 2 aliphatic rings. The van der Waals surface area contributed by atoms with Gasteiger partial charge in [-0.1, -0.05) is 18.2 Å². The summed E-state index contributed by atoms with van der Waals surface area (Å²) in [6.07, 6.45) is -3.01. The smallest absolute Gasteiger partial charge is 0.406 e. The van der Waals surface area contributed by atoms with Gasteiger partial charge in [0.2, 0.25) is 10.0 Å². The van der Waals surface area contributed by atoms with E-state index >= 15 is 0 Å². The lowest BCUT2D eigenvalue weighted by Gasteiger charge is -2.34. The van der Waals surface area contributed by atoms with E-state index in [1.54, 1.807) is 13.1 Å². The highest BCUT2D eigenvalue weighted by atomic mass is 32.2. The maximum Gasteiger partial charge on any atom is 0.573 e. The molecule has 2 heterocycles. The Kier molecular flexibility index (Phi) is 6.84. The van der Waals surface area contributed by atoms with Crippen LogP contribution in [0.2, 0.25) is 0 Å². The van der Waals surface area contributed by atoms with E-state index in [1.807, 2.05) is 25.1 Å². The van der Waals surface area contributed by atoms with Gasteiger partial charge in [-0.25, -0.2) is 8.42 Å². The third kappa shape index (κ3) is 5.54. The molecule has 0 aromatic heterocycles. The van der Waals surface area contributed by atoms with E-state index in [1.165, 1.54) is 16.4 Å². The molecule has 1 fully saturated rings. The molecule has 2 aromatic carbocycles. The van der Waals surface area contributed by atoms with Crippen molar-refractivity contribution in [3.63, 3.8) is 0 Å². The van der Waals surface area contributed by atoms with Gasteiger partial charge in [-0.15, -0.1) is 13.2 Å². The first-order valence-corrected chi connectivity index (χ1v) is 12.7. The lowest BCUT2D eigenvalue weighted by molar-refractivity contribution is -0.274. The summed E-state index contributed by atoms with van der Waals surface area (Å²) in [6.45, 7) is 2.04. The van der Waals surface area contributed by atoms with Crippen LogP contribution in [0.1, 0.15) is 29.5 Å². The zero-order valence-electron chi connectivity index (χ0n) is 19.6. The van der Waals surface area contributed by atoms with Gasteiger partial charge in [0.15, 0.2) is 0 Å². The zero-order chi connectivity index (χ0) is 26.1. The van der Waals surface area contributed by atoms with E-state index in [2.05, 4.69) is 20.4 Å². The van der Waals surface area contributed by atoms with Crippen molar-refractivity contribution < 1.29 is 31.1 Å². The molecule has 192 valence electrons. The standard InChI is InChI=1S/C24H25F3N4O4S/c1-16-14-19(28-2)7-6-17(16)8-13-36(33,34)31-11-9-23(10-12-31)22(32)29-21(30-23)18-4-3-5-20(15-18)35-24(25,26)27/h3-8,13-15,28H,9-12H2,1-2H3,(H,29,30,32)/b13-8+. The predicted octanol–water partition coefficient (Wildman–Crippen LogP) is 3.65.